The van der Waals surface area contributed by atoms with Crippen LogP contribution in [-0.2, 0) is 0 Å². The monoisotopic (exact) mass is 231 g/mol. The van der Waals surface area contributed by atoms with Crippen molar-refractivity contribution in [3.8, 4) is 0 Å². The minimum absolute atomic E-state index is 0.573. The van der Waals surface area contributed by atoms with E-state index in [1.807, 2.05) is 0 Å². The first kappa shape index (κ1) is 12.6. The van der Waals surface area contributed by atoms with Crippen LogP contribution in [0.15, 0.2) is 18.2 Å². The van der Waals surface area contributed by atoms with Gasteiger partial charge in [-0.1, -0.05) is 38.0 Å². The summed E-state index contributed by atoms with van der Waals surface area (Å²) in [6.07, 6.45) is 5.62. The number of hydrogen-bond acceptors (Lipinski definition) is 1. The Morgan fingerprint density at radius 1 is 1.18 bits per heavy atom. The Kier molecular flexibility index (Phi) is 4.22. The second-order valence-corrected chi connectivity index (χ2v) is 5.39. The molecule has 0 radical (unpaired) electrons. The summed E-state index contributed by atoms with van der Waals surface area (Å²) in [5.74, 6) is 0.842. The van der Waals surface area contributed by atoms with Crippen LogP contribution in [0.4, 0.5) is 0 Å². The van der Waals surface area contributed by atoms with Crippen molar-refractivity contribution in [2.75, 3.05) is 6.54 Å². The summed E-state index contributed by atoms with van der Waals surface area (Å²) < 4.78 is 0. The van der Waals surface area contributed by atoms with Crippen LogP contribution in [0.1, 0.15) is 55.3 Å². The second-order valence-electron chi connectivity index (χ2n) is 5.39. The molecule has 0 amide bonds. The van der Waals surface area contributed by atoms with E-state index in [4.69, 9.17) is 0 Å². The van der Waals surface area contributed by atoms with E-state index in [0.717, 1.165) is 12.5 Å². The van der Waals surface area contributed by atoms with Crippen molar-refractivity contribution in [3.63, 3.8) is 0 Å². The molecule has 1 aliphatic rings. The molecular formula is C16H25N. The molecule has 1 unspecified atom stereocenters. The van der Waals surface area contributed by atoms with Crippen LogP contribution in [0, 0.1) is 19.8 Å². The Morgan fingerprint density at radius 3 is 2.29 bits per heavy atom. The summed E-state index contributed by atoms with van der Waals surface area (Å²) in [6.45, 7) is 7.79. The minimum Gasteiger partial charge on any atom is -0.310 e. The van der Waals surface area contributed by atoms with Crippen LogP contribution in [0.3, 0.4) is 0 Å². The zero-order valence-corrected chi connectivity index (χ0v) is 11.4. The van der Waals surface area contributed by atoms with Gasteiger partial charge in [0.25, 0.3) is 0 Å². The Bertz CT molecular complexity index is 344. The van der Waals surface area contributed by atoms with Gasteiger partial charge in [-0.15, -0.1) is 0 Å². The highest BCUT2D eigenvalue weighted by Gasteiger charge is 2.27. The lowest BCUT2D eigenvalue weighted by molar-refractivity contribution is 0.372. The molecule has 1 aromatic carbocycles. The fourth-order valence-electron chi connectivity index (χ4n) is 3.33. The molecular weight excluding hydrogens is 206 g/mol. The summed E-state index contributed by atoms with van der Waals surface area (Å²) in [4.78, 5) is 0. The predicted octanol–water partition coefficient (Wildman–Crippen LogP) is 4.14. The third-order valence-electron chi connectivity index (χ3n) is 4.15. The van der Waals surface area contributed by atoms with Gasteiger partial charge in [-0.3, -0.25) is 0 Å². The lowest BCUT2D eigenvalue weighted by Crippen LogP contribution is -2.28. The molecule has 2 rings (SSSR count). The van der Waals surface area contributed by atoms with Crippen LogP contribution in [0.2, 0.25) is 0 Å². The summed E-state index contributed by atoms with van der Waals surface area (Å²) in [5, 5.41) is 3.72. The minimum atomic E-state index is 0.573. The Balaban J connectivity index is 2.31. The number of nitrogens with one attached hydrogen (secondary N) is 1. The average molecular weight is 231 g/mol. The zero-order chi connectivity index (χ0) is 12.3. The molecule has 1 aliphatic carbocycles. The SMILES string of the molecule is CCNC(c1c(C)cccc1C)C1CCCC1. The molecule has 0 aromatic heterocycles. The fourth-order valence-corrected chi connectivity index (χ4v) is 3.33. The van der Waals surface area contributed by atoms with Crippen LogP contribution in [-0.4, -0.2) is 6.54 Å². The number of benzene rings is 1. The van der Waals surface area contributed by atoms with Crippen molar-refractivity contribution in [2.45, 2.75) is 52.5 Å². The first-order chi connectivity index (χ1) is 8.24. The molecule has 0 saturated heterocycles. The largest absolute Gasteiger partial charge is 0.310 e. The van der Waals surface area contributed by atoms with Gasteiger partial charge in [0.05, 0.1) is 0 Å². The van der Waals surface area contributed by atoms with Crippen LogP contribution >= 0.6 is 0 Å². The van der Waals surface area contributed by atoms with E-state index < -0.39 is 0 Å². The van der Waals surface area contributed by atoms with Crippen molar-refractivity contribution >= 4 is 0 Å². The molecule has 17 heavy (non-hydrogen) atoms. The predicted molar refractivity (Wildman–Crippen MR) is 74.3 cm³/mol. The van der Waals surface area contributed by atoms with E-state index in [1.54, 1.807) is 5.56 Å². The van der Waals surface area contributed by atoms with Gasteiger partial charge >= 0.3 is 0 Å². The van der Waals surface area contributed by atoms with Crippen molar-refractivity contribution in [2.24, 2.45) is 5.92 Å². The summed E-state index contributed by atoms with van der Waals surface area (Å²) in [6, 6.07) is 7.25. The Morgan fingerprint density at radius 2 is 1.76 bits per heavy atom. The average Bonchev–Trinajstić information content (AvgIpc) is 2.80. The van der Waals surface area contributed by atoms with Gasteiger partial charge in [-0.2, -0.15) is 0 Å². The molecule has 94 valence electrons. The molecule has 0 heterocycles. The molecule has 1 atom stereocenters. The first-order valence-electron chi connectivity index (χ1n) is 7.03. The quantitative estimate of drug-likeness (QED) is 0.821. The van der Waals surface area contributed by atoms with E-state index in [1.165, 1.54) is 36.8 Å². The highest BCUT2D eigenvalue weighted by molar-refractivity contribution is 5.36. The third kappa shape index (κ3) is 2.71. The summed E-state index contributed by atoms with van der Waals surface area (Å²) in [7, 11) is 0. The van der Waals surface area contributed by atoms with Crippen LogP contribution in [0.25, 0.3) is 0 Å². The number of aryl methyl sites for hydroxylation is 2. The number of rotatable bonds is 4. The van der Waals surface area contributed by atoms with Gasteiger partial charge in [0, 0.05) is 6.04 Å². The Hall–Kier alpha value is -0.820. The molecule has 1 aromatic rings. The van der Waals surface area contributed by atoms with E-state index >= 15 is 0 Å². The molecule has 1 fully saturated rings. The Labute approximate surface area is 106 Å². The standard InChI is InChI=1S/C16H25N/c1-4-17-16(14-10-5-6-11-14)15-12(2)8-7-9-13(15)3/h7-9,14,16-17H,4-6,10-11H2,1-3H3. The van der Waals surface area contributed by atoms with Gasteiger partial charge in [0.2, 0.25) is 0 Å². The van der Waals surface area contributed by atoms with E-state index in [-0.39, 0.29) is 0 Å². The first-order valence-corrected chi connectivity index (χ1v) is 7.03. The van der Waals surface area contributed by atoms with Crippen molar-refractivity contribution in [3.05, 3.63) is 34.9 Å². The normalized spacial score (nSPS) is 18.5. The maximum atomic E-state index is 3.72. The second kappa shape index (κ2) is 5.68. The highest BCUT2D eigenvalue weighted by Crippen LogP contribution is 2.37. The van der Waals surface area contributed by atoms with E-state index in [2.05, 4.69) is 44.3 Å². The molecule has 1 N–H and O–H groups in total. The summed E-state index contributed by atoms with van der Waals surface area (Å²) >= 11 is 0. The van der Waals surface area contributed by atoms with Gasteiger partial charge in [-0.05, 0) is 55.8 Å². The van der Waals surface area contributed by atoms with Crippen LogP contribution in [0.5, 0.6) is 0 Å². The van der Waals surface area contributed by atoms with Crippen molar-refractivity contribution in [1.82, 2.24) is 5.32 Å². The van der Waals surface area contributed by atoms with Gasteiger partial charge in [0.15, 0.2) is 0 Å². The molecule has 0 bridgehead atoms. The van der Waals surface area contributed by atoms with E-state index in [9.17, 15) is 0 Å². The third-order valence-corrected chi connectivity index (χ3v) is 4.15. The van der Waals surface area contributed by atoms with Gasteiger partial charge in [-0.25, -0.2) is 0 Å². The number of hydrogen-bond donors (Lipinski definition) is 1. The van der Waals surface area contributed by atoms with Crippen molar-refractivity contribution in [1.29, 1.82) is 0 Å². The van der Waals surface area contributed by atoms with E-state index in [0.29, 0.717) is 6.04 Å². The van der Waals surface area contributed by atoms with Gasteiger partial charge < -0.3 is 5.32 Å². The molecule has 0 aliphatic heterocycles. The van der Waals surface area contributed by atoms with Crippen LogP contribution < -0.4 is 5.32 Å². The molecule has 1 saturated carbocycles. The lowest BCUT2D eigenvalue weighted by Gasteiger charge is -2.28. The maximum absolute atomic E-state index is 3.72. The summed E-state index contributed by atoms with van der Waals surface area (Å²) in [5.41, 5.74) is 4.45. The molecule has 1 heteroatoms. The zero-order valence-electron chi connectivity index (χ0n) is 11.4. The fraction of sp³-hybridized carbons (Fsp3) is 0.625. The lowest BCUT2D eigenvalue weighted by atomic mass is 9.86. The smallest absolute Gasteiger partial charge is 0.0353 e. The molecule has 0 spiro atoms. The van der Waals surface area contributed by atoms with Gasteiger partial charge in [0.1, 0.15) is 0 Å². The maximum Gasteiger partial charge on any atom is 0.0353 e. The van der Waals surface area contributed by atoms with Crippen molar-refractivity contribution < 1.29 is 0 Å². The highest BCUT2D eigenvalue weighted by atomic mass is 14.9. The topological polar surface area (TPSA) is 12.0 Å². The molecule has 1 nitrogen and oxygen atoms in total.